The molecular formula is C15H31IN4O. The molecule has 2 fully saturated rings. The highest BCUT2D eigenvalue weighted by atomic mass is 127. The Balaban J connectivity index is 0.00000220. The highest BCUT2D eigenvalue weighted by molar-refractivity contribution is 14.0. The van der Waals surface area contributed by atoms with E-state index in [-0.39, 0.29) is 29.5 Å². The van der Waals surface area contributed by atoms with Crippen molar-refractivity contribution in [3.8, 4) is 0 Å². The Morgan fingerprint density at radius 2 is 1.86 bits per heavy atom. The summed E-state index contributed by atoms with van der Waals surface area (Å²) in [5, 5.41) is 6.90. The standard InChI is InChI=1S/C15H30N4O.HI/c1-13(2)18-14(16-3)17-12-15(6-10-20-11-7-15)19-8-4-5-9-19;/h13H,4-12H2,1-3H3,(H2,16,17,18);1H. The number of ether oxygens (including phenoxy) is 1. The molecule has 2 rings (SSSR count). The number of nitrogens with zero attached hydrogens (tertiary/aromatic N) is 2. The summed E-state index contributed by atoms with van der Waals surface area (Å²) in [5.74, 6) is 0.907. The monoisotopic (exact) mass is 410 g/mol. The molecule has 0 radical (unpaired) electrons. The molecule has 0 aromatic heterocycles. The van der Waals surface area contributed by atoms with E-state index < -0.39 is 0 Å². The van der Waals surface area contributed by atoms with E-state index in [0.29, 0.717) is 6.04 Å². The topological polar surface area (TPSA) is 48.9 Å². The van der Waals surface area contributed by atoms with Crippen LogP contribution in [-0.4, -0.2) is 62.3 Å². The molecule has 5 nitrogen and oxygen atoms in total. The van der Waals surface area contributed by atoms with Gasteiger partial charge in [0.15, 0.2) is 5.96 Å². The van der Waals surface area contributed by atoms with Crippen molar-refractivity contribution in [2.24, 2.45) is 4.99 Å². The molecule has 2 saturated heterocycles. The molecule has 21 heavy (non-hydrogen) atoms. The van der Waals surface area contributed by atoms with Crippen LogP contribution in [0.3, 0.4) is 0 Å². The van der Waals surface area contributed by atoms with E-state index in [0.717, 1.165) is 38.6 Å². The molecule has 2 heterocycles. The Morgan fingerprint density at radius 3 is 2.38 bits per heavy atom. The van der Waals surface area contributed by atoms with Gasteiger partial charge in [0.2, 0.25) is 0 Å². The van der Waals surface area contributed by atoms with E-state index in [9.17, 15) is 0 Å². The predicted octanol–water partition coefficient (Wildman–Crippen LogP) is 1.82. The molecule has 0 atom stereocenters. The fourth-order valence-corrected chi connectivity index (χ4v) is 3.26. The molecule has 2 aliphatic rings. The summed E-state index contributed by atoms with van der Waals surface area (Å²) in [6.07, 6.45) is 4.92. The number of nitrogens with one attached hydrogen (secondary N) is 2. The zero-order valence-corrected chi connectivity index (χ0v) is 16.0. The van der Waals surface area contributed by atoms with Crippen molar-refractivity contribution in [3.63, 3.8) is 0 Å². The van der Waals surface area contributed by atoms with Gasteiger partial charge in [0, 0.05) is 38.4 Å². The molecule has 6 heteroatoms. The summed E-state index contributed by atoms with van der Waals surface area (Å²) in [7, 11) is 1.84. The van der Waals surface area contributed by atoms with Gasteiger partial charge in [-0.15, -0.1) is 24.0 Å². The minimum Gasteiger partial charge on any atom is -0.381 e. The highest BCUT2D eigenvalue weighted by Crippen LogP contribution is 2.30. The average Bonchev–Trinajstić information content (AvgIpc) is 2.99. The number of likely N-dealkylation sites (tertiary alicyclic amines) is 1. The largest absolute Gasteiger partial charge is 0.381 e. The van der Waals surface area contributed by atoms with Crippen LogP contribution in [0, 0.1) is 0 Å². The van der Waals surface area contributed by atoms with Gasteiger partial charge in [-0.3, -0.25) is 9.89 Å². The minimum atomic E-state index is 0. The van der Waals surface area contributed by atoms with Gasteiger partial charge in [-0.25, -0.2) is 0 Å². The quantitative estimate of drug-likeness (QED) is 0.422. The summed E-state index contributed by atoms with van der Waals surface area (Å²) in [6.45, 7) is 9.47. The second-order valence-corrected chi connectivity index (χ2v) is 6.26. The van der Waals surface area contributed by atoms with Crippen LogP contribution in [0.1, 0.15) is 39.5 Å². The molecule has 124 valence electrons. The molecule has 2 N–H and O–H groups in total. The van der Waals surface area contributed by atoms with E-state index in [2.05, 4.69) is 34.4 Å². The van der Waals surface area contributed by atoms with Crippen LogP contribution in [0.5, 0.6) is 0 Å². The first-order chi connectivity index (χ1) is 9.66. The number of hydrogen-bond donors (Lipinski definition) is 2. The van der Waals surface area contributed by atoms with Crippen LogP contribution in [0.25, 0.3) is 0 Å². The van der Waals surface area contributed by atoms with Gasteiger partial charge in [0.25, 0.3) is 0 Å². The average molecular weight is 410 g/mol. The SMILES string of the molecule is CN=C(NCC1(N2CCCC2)CCOCC1)NC(C)C.I. The van der Waals surface area contributed by atoms with E-state index in [1.807, 2.05) is 7.05 Å². The zero-order chi connectivity index (χ0) is 14.4. The van der Waals surface area contributed by atoms with Crippen molar-refractivity contribution >= 4 is 29.9 Å². The fraction of sp³-hybridized carbons (Fsp3) is 0.933. The van der Waals surface area contributed by atoms with Crippen molar-refractivity contribution in [3.05, 3.63) is 0 Å². The van der Waals surface area contributed by atoms with Crippen molar-refractivity contribution in [1.82, 2.24) is 15.5 Å². The van der Waals surface area contributed by atoms with Crippen LogP contribution in [0.4, 0.5) is 0 Å². The molecule has 0 aromatic carbocycles. The van der Waals surface area contributed by atoms with Gasteiger partial charge >= 0.3 is 0 Å². The first-order valence-electron chi connectivity index (χ1n) is 7.96. The third-order valence-electron chi connectivity index (χ3n) is 4.43. The number of hydrogen-bond acceptors (Lipinski definition) is 3. The Morgan fingerprint density at radius 1 is 1.24 bits per heavy atom. The molecule has 2 aliphatic heterocycles. The third kappa shape index (κ3) is 5.25. The lowest BCUT2D eigenvalue weighted by atomic mass is 9.88. The molecule has 0 spiro atoms. The normalized spacial score (nSPS) is 23.0. The highest BCUT2D eigenvalue weighted by Gasteiger charge is 2.39. The first kappa shape index (κ1) is 19.0. The summed E-state index contributed by atoms with van der Waals surface area (Å²) >= 11 is 0. The maximum atomic E-state index is 5.58. The number of rotatable bonds is 4. The van der Waals surface area contributed by atoms with Gasteiger partial charge < -0.3 is 15.4 Å². The molecular weight excluding hydrogens is 379 g/mol. The Labute approximate surface area is 146 Å². The van der Waals surface area contributed by atoms with Crippen LogP contribution < -0.4 is 10.6 Å². The van der Waals surface area contributed by atoms with Gasteiger partial charge in [-0.1, -0.05) is 0 Å². The first-order valence-corrected chi connectivity index (χ1v) is 7.96. The number of guanidine groups is 1. The number of halogens is 1. The van der Waals surface area contributed by atoms with Crippen molar-refractivity contribution in [2.75, 3.05) is 39.9 Å². The summed E-state index contributed by atoms with van der Waals surface area (Å²) in [5.41, 5.74) is 0.253. The summed E-state index contributed by atoms with van der Waals surface area (Å²) < 4.78 is 5.58. The maximum Gasteiger partial charge on any atom is 0.191 e. The zero-order valence-electron chi connectivity index (χ0n) is 13.7. The van der Waals surface area contributed by atoms with E-state index in [1.165, 1.54) is 25.9 Å². The van der Waals surface area contributed by atoms with Crippen LogP contribution in [0.2, 0.25) is 0 Å². The van der Waals surface area contributed by atoms with E-state index in [1.54, 1.807) is 0 Å². The Kier molecular flexibility index (Phi) is 8.26. The van der Waals surface area contributed by atoms with Crippen LogP contribution in [0.15, 0.2) is 4.99 Å². The van der Waals surface area contributed by atoms with E-state index in [4.69, 9.17) is 4.74 Å². The molecule has 0 bridgehead atoms. The lowest BCUT2D eigenvalue weighted by Gasteiger charge is -2.45. The van der Waals surface area contributed by atoms with Crippen molar-refractivity contribution in [2.45, 2.75) is 51.1 Å². The molecule has 0 amide bonds. The second kappa shape index (κ2) is 9.15. The van der Waals surface area contributed by atoms with Crippen molar-refractivity contribution < 1.29 is 4.74 Å². The molecule has 0 unspecified atom stereocenters. The van der Waals surface area contributed by atoms with Gasteiger partial charge in [0.1, 0.15) is 0 Å². The Bertz CT molecular complexity index is 324. The van der Waals surface area contributed by atoms with Gasteiger partial charge in [-0.2, -0.15) is 0 Å². The molecule has 0 aromatic rings. The number of aliphatic imine (C=N–C) groups is 1. The lowest BCUT2D eigenvalue weighted by Crippen LogP contribution is -2.59. The summed E-state index contributed by atoms with van der Waals surface area (Å²) in [6, 6.07) is 0.402. The maximum absolute atomic E-state index is 5.58. The lowest BCUT2D eigenvalue weighted by molar-refractivity contribution is -0.0164. The second-order valence-electron chi connectivity index (χ2n) is 6.26. The summed E-state index contributed by atoms with van der Waals surface area (Å²) in [4.78, 5) is 6.99. The van der Waals surface area contributed by atoms with Gasteiger partial charge in [0.05, 0.1) is 0 Å². The molecule has 0 saturated carbocycles. The van der Waals surface area contributed by atoms with Crippen LogP contribution in [-0.2, 0) is 4.74 Å². The van der Waals surface area contributed by atoms with E-state index >= 15 is 0 Å². The smallest absolute Gasteiger partial charge is 0.191 e. The fourth-order valence-electron chi connectivity index (χ4n) is 3.26. The Hall–Kier alpha value is -0.0800. The third-order valence-corrected chi connectivity index (χ3v) is 4.43. The van der Waals surface area contributed by atoms with Crippen LogP contribution >= 0.6 is 24.0 Å². The van der Waals surface area contributed by atoms with Crippen molar-refractivity contribution in [1.29, 1.82) is 0 Å². The molecule has 0 aliphatic carbocycles. The predicted molar refractivity (Wildman–Crippen MR) is 98.6 cm³/mol. The van der Waals surface area contributed by atoms with Gasteiger partial charge in [-0.05, 0) is 52.6 Å². The minimum absolute atomic E-state index is 0.